The Labute approximate surface area is 134 Å². The first-order chi connectivity index (χ1) is 8.56. The Hall–Kier alpha value is -0.890. The van der Waals surface area contributed by atoms with Gasteiger partial charge in [0.2, 0.25) is 10.4 Å². The van der Waals surface area contributed by atoms with E-state index in [2.05, 4.69) is 4.28 Å². The van der Waals surface area contributed by atoms with Gasteiger partial charge in [0.1, 0.15) is 0 Å². The number of anilines is 2. The fraction of sp³-hybridized carbons (Fsp3) is 0. The first kappa shape index (κ1) is 16.2. The van der Waals surface area contributed by atoms with Crippen molar-refractivity contribution in [1.29, 1.82) is 0 Å². The second-order valence-corrected chi connectivity index (χ2v) is 4.41. The molecule has 94 valence electrons. The van der Waals surface area contributed by atoms with Crippen LogP contribution in [0.4, 0.5) is 11.4 Å². The van der Waals surface area contributed by atoms with E-state index in [0.29, 0.717) is 11.4 Å². The van der Waals surface area contributed by atoms with Crippen molar-refractivity contribution >= 4 is 21.8 Å². The Morgan fingerprint density at radius 1 is 0.842 bits per heavy atom. The van der Waals surface area contributed by atoms with E-state index >= 15 is 0 Å². The number of rotatable bonds is 4. The molecule has 0 saturated heterocycles. The molecule has 0 unspecified atom stereocenters. The van der Waals surface area contributed by atoms with Crippen LogP contribution >= 0.6 is 0 Å². The van der Waals surface area contributed by atoms with Gasteiger partial charge < -0.3 is 4.55 Å². The van der Waals surface area contributed by atoms with Crippen molar-refractivity contribution in [2.75, 3.05) is 5.06 Å². The minimum Gasteiger partial charge on any atom is -0.724 e. The Bertz CT molecular complexity index is 565. The van der Waals surface area contributed by atoms with Crippen molar-refractivity contribution in [2.24, 2.45) is 0 Å². The zero-order valence-corrected chi connectivity index (χ0v) is 13.1. The van der Waals surface area contributed by atoms with Crippen LogP contribution in [0.25, 0.3) is 0 Å². The molecule has 0 N–H and O–H groups in total. The summed E-state index contributed by atoms with van der Waals surface area (Å²) in [7, 11) is -4.84. The van der Waals surface area contributed by atoms with Gasteiger partial charge in [-0.05, 0) is 24.3 Å². The zero-order chi connectivity index (χ0) is 13.0. The van der Waals surface area contributed by atoms with Crippen molar-refractivity contribution in [2.45, 2.75) is 0 Å². The minimum atomic E-state index is -4.84. The SMILES string of the molecule is O=S(=O)([O-])ON(c1ccccc1)c1ccccc1.[Na+]. The van der Waals surface area contributed by atoms with Gasteiger partial charge in [0.15, 0.2) is 0 Å². The summed E-state index contributed by atoms with van der Waals surface area (Å²) in [6.45, 7) is 0. The zero-order valence-electron chi connectivity index (χ0n) is 10.3. The standard InChI is InChI=1S/C12H11NO4S.Na/c14-18(15,16)17-13(11-7-3-1-4-8-11)12-9-5-2-6-10-12;/h1-10H,(H,14,15,16);/q;+1/p-1. The molecule has 0 aromatic heterocycles. The molecule has 0 aliphatic rings. The number of benzene rings is 2. The predicted octanol–water partition coefficient (Wildman–Crippen LogP) is -0.779. The van der Waals surface area contributed by atoms with E-state index in [1.807, 2.05) is 0 Å². The Kier molecular flexibility index (Phi) is 5.99. The van der Waals surface area contributed by atoms with E-state index in [-0.39, 0.29) is 29.6 Å². The molecule has 0 atom stereocenters. The van der Waals surface area contributed by atoms with E-state index in [1.54, 1.807) is 60.7 Å². The third kappa shape index (κ3) is 4.94. The molecule has 2 aromatic rings. The summed E-state index contributed by atoms with van der Waals surface area (Å²) in [4.78, 5) is 0. The predicted molar refractivity (Wildman–Crippen MR) is 65.8 cm³/mol. The van der Waals surface area contributed by atoms with Crippen LogP contribution in [0.2, 0.25) is 0 Å². The van der Waals surface area contributed by atoms with Crippen LogP contribution < -0.4 is 34.6 Å². The molecule has 0 heterocycles. The summed E-state index contributed by atoms with van der Waals surface area (Å²) in [6, 6.07) is 17.0. The largest absolute Gasteiger partial charge is 1.00 e. The van der Waals surface area contributed by atoms with Crippen molar-refractivity contribution in [1.82, 2.24) is 0 Å². The van der Waals surface area contributed by atoms with Crippen molar-refractivity contribution < 1.29 is 46.8 Å². The average Bonchev–Trinajstić information content (AvgIpc) is 2.37. The van der Waals surface area contributed by atoms with E-state index < -0.39 is 10.4 Å². The number of para-hydroxylation sites is 2. The van der Waals surface area contributed by atoms with E-state index in [4.69, 9.17) is 0 Å². The summed E-state index contributed by atoms with van der Waals surface area (Å²) in [5.41, 5.74) is 0.895. The first-order valence-electron chi connectivity index (χ1n) is 5.12. The van der Waals surface area contributed by atoms with Gasteiger partial charge in [-0.1, -0.05) is 36.4 Å². The van der Waals surface area contributed by atoms with Crippen LogP contribution in [0, 0.1) is 0 Å². The molecule has 2 rings (SSSR count). The quantitative estimate of drug-likeness (QED) is 0.319. The normalized spacial score (nSPS) is 10.6. The Morgan fingerprint density at radius 2 is 1.21 bits per heavy atom. The van der Waals surface area contributed by atoms with Gasteiger partial charge in [-0.15, -0.1) is 0 Å². The summed E-state index contributed by atoms with van der Waals surface area (Å²) in [5.74, 6) is 0. The molecule has 0 bridgehead atoms. The molecule has 0 aliphatic carbocycles. The van der Waals surface area contributed by atoms with Crippen LogP contribution in [0.15, 0.2) is 60.7 Å². The second-order valence-electron chi connectivity index (χ2n) is 3.45. The van der Waals surface area contributed by atoms with Crippen LogP contribution in [-0.2, 0) is 14.7 Å². The number of hydrogen-bond donors (Lipinski definition) is 0. The number of nitrogens with zero attached hydrogens (tertiary/aromatic N) is 1. The molecular formula is C12H10NNaO4S. The molecule has 7 heteroatoms. The maximum absolute atomic E-state index is 10.8. The molecule has 19 heavy (non-hydrogen) atoms. The van der Waals surface area contributed by atoms with Gasteiger partial charge in [0.25, 0.3) is 0 Å². The molecule has 0 saturated carbocycles. The minimum absolute atomic E-state index is 0. The van der Waals surface area contributed by atoms with Crippen LogP contribution in [-0.4, -0.2) is 13.0 Å². The van der Waals surface area contributed by atoms with Gasteiger partial charge in [0.05, 0.1) is 11.4 Å². The van der Waals surface area contributed by atoms with Gasteiger partial charge in [-0.3, -0.25) is 0 Å². The van der Waals surface area contributed by atoms with Crippen LogP contribution in [0.3, 0.4) is 0 Å². The van der Waals surface area contributed by atoms with Crippen molar-refractivity contribution in [3.8, 4) is 0 Å². The second kappa shape index (κ2) is 7.04. The maximum Gasteiger partial charge on any atom is 1.00 e. The van der Waals surface area contributed by atoms with Crippen LogP contribution in [0.5, 0.6) is 0 Å². The fourth-order valence-corrected chi connectivity index (χ4v) is 1.81. The summed E-state index contributed by atoms with van der Waals surface area (Å²) >= 11 is 0. The Balaban J connectivity index is 0.00000180. The monoisotopic (exact) mass is 287 g/mol. The molecule has 0 aliphatic heterocycles. The molecule has 0 fully saturated rings. The summed E-state index contributed by atoms with van der Waals surface area (Å²) in [5, 5.41) is 0.975. The van der Waals surface area contributed by atoms with E-state index in [9.17, 15) is 13.0 Å². The van der Waals surface area contributed by atoms with E-state index in [1.165, 1.54) is 0 Å². The van der Waals surface area contributed by atoms with Gasteiger partial charge >= 0.3 is 29.6 Å². The number of hydrogen-bond acceptors (Lipinski definition) is 5. The Morgan fingerprint density at radius 3 is 1.53 bits per heavy atom. The molecule has 5 nitrogen and oxygen atoms in total. The van der Waals surface area contributed by atoms with Gasteiger partial charge in [-0.2, -0.15) is 4.28 Å². The van der Waals surface area contributed by atoms with E-state index in [0.717, 1.165) is 5.06 Å². The molecule has 0 spiro atoms. The molecule has 0 radical (unpaired) electrons. The average molecular weight is 287 g/mol. The van der Waals surface area contributed by atoms with Gasteiger partial charge in [-0.25, -0.2) is 13.5 Å². The van der Waals surface area contributed by atoms with Gasteiger partial charge in [0, 0.05) is 0 Å². The molecular weight excluding hydrogens is 277 g/mol. The third-order valence-electron chi connectivity index (χ3n) is 2.15. The van der Waals surface area contributed by atoms with Crippen LogP contribution in [0.1, 0.15) is 0 Å². The van der Waals surface area contributed by atoms with Crippen molar-refractivity contribution in [3.63, 3.8) is 0 Å². The first-order valence-corrected chi connectivity index (χ1v) is 6.45. The maximum atomic E-state index is 10.8. The third-order valence-corrected chi connectivity index (χ3v) is 2.48. The smallest absolute Gasteiger partial charge is 0.724 e. The van der Waals surface area contributed by atoms with Crippen molar-refractivity contribution in [3.05, 3.63) is 60.7 Å². The molecule has 0 amide bonds. The summed E-state index contributed by atoms with van der Waals surface area (Å²) in [6.07, 6.45) is 0. The fourth-order valence-electron chi connectivity index (χ4n) is 1.45. The topological polar surface area (TPSA) is 69.7 Å². The molecule has 2 aromatic carbocycles. The summed E-state index contributed by atoms with van der Waals surface area (Å²) < 4.78 is 36.8.